The first-order chi connectivity index (χ1) is 12.7. The van der Waals surface area contributed by atoms with Gasteiger partial charge in [-0.2, -0.15) is 0 Å². The Hall–Kier alpha value is -1.99. The summed E-state index contributed by atoms with van der Waals surface area (Å²) in [7, 11) is 0. The van der Waals surface area contributed by atoms with Crippen LogP contribution in [0.25, 0.3) is 10.2 Å². The largest absolute Gasteiger partial charge is 0.352 e. The molecule has 1 amide bonds. The minimum absolute atomic E-state index is 0.00302. The van der Waals surface area contributed by atoms with E-state index in [2.05, 4.69) is 21.7 Å². The molecule has 3 heterocycles. The summed E-state index contributed by atoms with van der Waals surface area (Å²) in [4.78, 5) is 31.6. The smallest absolute Gasteiger partial charge is 0.262 e. The number of hydrogen-bond donors (Lipinski definition) is 2. The fourth-order valence-electron chi connectivity index (χ4n) is 3.69. The Bertz CT molecular complexity index is 912. The maximum Gasteiger partial charge on any atom is 0.262 e. The zero-order valence-corrected chi connectivity index (χ0v) is 15.7. The number of rotatable bonds is 5. The second-order valence-corrected chi connectivity index (χ2v) is 8.06. The van der Waals surface area contributed by atoms with Crippen LogP contribution in [0.3, 0.4) is 0 Å². The normalized spacial score (nSPS) is 17.0. The molecule has 0 atom stereocenters. The van der Waals surface area contributed by atoms with Crippen molar-refractivity contribution in [3.63, 3.8) is 0 Å². The van der Waals surface area contributed by atoms with Gasteiger partial charge in [0.25, 0.3) is 5.56 Å². The fourth-order valence-corrected chi connectivity index (χ4v) is 4.91. The number of nitrogens with zero attached hydrogens (tertiary/aromatic N) is 2. The van der Waals surface area contributed by atoms with Gasteiger partial charge in [0, 0.05) is 30.9 Å². The predicted molar refractivity (Wildman–Crippen MR) is 104 cm³/mol. The Labute approximate surface area is 156 Å². The molecule has 138 valence electrons. The molecule has 0 unspecified atom stereocenters. The predicted octanol–water partition coefficient (Wildman–Crippen LogP) is 1.76. The number of aryl methyl sites for hydroxylation is 3. The summed E-state index contributed by atoms with van der Waals surface area (Å²) in [5, 5.41) is 7.00. The summed E-state index contributed by atoms with van der Waals surface area (Å²) in [6.45, 7) is 2.81. The minimum atomic E-state index is -0.0243. The quantitative estimate of drug-likeness (QED) is 0.784. The standard InChI is InChI=1S/C19H24N4O2S/c24-16(21-11-13-5-8-20-9-6-13)7-10-23-12-22-18-17(19(23)25)14-3-1-2-4-15(14)26-18/h5,12,20H,1-4,6-11H2,(H,21,24). The maximum absolute atomic E-state index is 12.9. The van der Waals surface area contributed by atoms with Gasteiger partial charge in [-0.15, -0.1) is 11.3 Å². The Morgan fingerprint density at radius 3 is 3.04 bits per heavy atom. The molecule has 0 fully saturated rings. The van der Waals surface area contributed by atoms with Crippen molar-refractivity contribution in [2.45, 2.75) is 45.1 Å². The summed E-state index contributed by atoms with van der Waals surface area (Å²) in [5.41, 5.74) is 2.47. The van der Waals surface area contributed by atoms with E-state index in [1.165, 1.54) is 22.4 Å². The fraction of sp³-hybridized carbons (Fsp3) is 0.526. The van der Waals surface area contributed by atoms with Gasteiger partial charge in [-0.1, -0.05) is 11.6 Å². The van der Waals surface area contributed by atoms with Crippen LogP contribution in [0.4, 0.5) is 0 Å². The number of fused-ring (bicyclic) bond motifs is 3. The third kappa shape index (κ3) is 3.59. The lowest BCUT2D eigenvalue weighted by molar-refractivity contribution is -0.121. The van der Waals surface area contributed by atoms with Crippen LogP contribution in [0, 0.1) is 0 Å². The first-order valence-corrected chi connectivity index (χ1v) is 10.2. The zero-order valence-electron chi connectivity index (χ0n) is 14.8. The van der Waals surface area contributed by atoms with E-state index in [0.29, 0.717) is 19.5 Å². The van der Waals surface area contributed by atoms with Crippen molar-refractivity contribution >= 4 is 27.5 Å². The van der Waals surface area contributed by atoms with Gasteiger partial charge in [-0.25, -0.2) is 4.98 Å². The monoisotopic (exact) mass is 372 g/mol. The SMILES string of the molecule is O=C(CCn1cnc2sc3c(c2c1=O)CCCC3)NCC1=CCNCC1. The van der Waals surface area contributed by atoms with Crippen molar-refractivity contribution in [2.75, 3.05) is 19.6 Å². The summed E-state index contributed by atoms with van der Waals surface area (Å²) in [6.07, 6.45) is 9.36. The molecule has 26 heavy (non-hydrogen) atoms. The van der Waals surface area contributed by atoms with E-state index in [-0.39, 0.29) is 11.5 Å². The number of carbonyl (C=O) groups excluding carboxylic acids is 1. The third-order valence-corrected chi connectivity index (χ3v) is 6.39. The van der Waals surface area contributed by atoms with E-state index in [4.69, 9.17) is 0 Å². The summed E-state index contributed by atoms with van der Waals surface area (Å²) in [6, 6.07) is 0. The molecule has 6 nitrogen and oxygen atoms in total. The molecule has 2 N–H and O–H groups in total. The summed E-state index contributed by atoms with van der Waals surface area (Å²) < 4.78 is 1.59. The molecule has 7 heteroatoms. The van der Waals surface area contributed by atoms with Crippen molar-refractivity contribution in [2.24, 2.45) is 0 Å². The Kier molecular flexibility index (Phi) is 5.17. The van der Waals surface area contributed by atoms with E-state index in [1.807, 2.05) is 0 Å². The maximum atomic E-state index is 12.9. The van der Waals surface area contributed by atoms with E-state index in [1.54, 1.807) is 22.2 Å². The molecule has 4 rings (SSSR count). The van der Waals surface area contributed by atoms with E-state index >= 15 is 0 Å². The van der Waals surface area contributed by atoms with Crippen LogP contribution < -0.4 is 16.2 Å². The van der Waals surface area contributed by atoms with Crippen LogP contribution >= 0.6 is 11.3 Å². The van der Waals surface area contributed by atoms with Crippen molar-refractivity contribution in [3.8, 4) is 0 Å². The first-order valence-electron chi connectivity index (χ1n) is 9.37. The highest BCUT2D eigenvalue weighted by molar-refractivity contribution is 7.18. The second-order valence-electron chi connectivity index (χ2n) is 6.98. The summed E-state index contributed by atoms with van der Waals surface area (Å²) >= 11 is 1.66. The molecule has 0 radical (unpaired) electrons. The average Bonchev–Trinajstić information content (AvgIpc) is 3.06. The molecule has 1 aliphatic heterocycles. The molecule has 0 saturated carbocycles. The summed E-state index contributed by atoms with van der Waals surface area (Å²) in [5.74, 6) is -0.0243. The van der Waals surface area contributed by atoms with Gasteiger partial charge in [0.1, 0.15) is 4.83 Å². The van der Waals surface area contributed by atoms with Crippen molar-refractivity contribution in [1.29, 1.82) is 0 Å². The van der Waals surface area contributed by atoms with Gasteiger partial charge in [-0.05, 0) is 44.2 Å². The zero-order chi connectivity index (χ0) is 17.9. The highest BCUT2D eigenvalue weighted by atomic mass is 32.1. The lowest BCUT2D eigenvalue weighted by Crippen LogP contribution is -2.31. The number of nitrogens with one attached hydrogen (secondary N) is 2. The lowest BCUT2D eigenvalue weighted by atomic mass is 9.97. The average molecular weight is 372 g/mol. The molecule has 1 aliphatic carbocycles. The molecular weight excluding hydrogens is 348 g/mol. The molecule has 0 saturated heterocycles. The van der Waals surface area contributed by atoms with Crippen LogP contribution in [0.5, 0.6) is 0 Å². The van der Waals surface area contributed by atoms with Gasteiger partial charge in [0.2, 0.25) is 5.91 Å². The van der Waals surface area contributed by atoms with Gasteiger partial charge in [-0.3, -0.25) is 14.2 Å². The molecule has 2 aromatic heterocycles. The Morgan fingerprint density at radius 1 is 1.31 bits per heavy atom. The van der Waals surface area contributed by atoms with Crippen LogP contribution in [0.2, 0.25) is 0 Å². The van der Waals surface area contributed by atoms with Crippen molar-refractivity contribution < 1.29 is 4.79 Å². The lowest BCUT2D eigenvalue weighted by Gasteiger charge is -2.14. The molecule has 0 aromatic carbocycles. The Balaban J connectivity index is 1.42. The van der Waals surface area contributed by atoms with Crippen LogP contribution in [-0.4, -0.2) is 35.1 Å². The van der Waals surface area contributed by atoms with Gasteiger partial charge >= 0.3 is 0 Å². The van der Waals surface area contributed by atoms with Gasteiger partial charge < -0.3 is 10.6 Å². The molecule has 0 bridgehead atoms. The first kappa shape index (κ1) is 17.4. The van der Waals surface area contributed by atoms with E-state index in [9.17, 15) is 9.59 Å². The highest BCUT2D eigenvalue weighted by Crippen LogP contribution is 2.33. The molecule has 2 aliphatic rings. The highest BCUT2D eigenvalue weighted by Gasteiger charge is 2.20. The number of amides is 1. The van der Waals surface area contributed by atoms with Gasteiger partial charge in [0.05, 0.1) is 11.7 Å². The number of thiophene rings is 1. The van der Waals surface area contributed by atoms with E-state index in [0.717, 1.165) is 49.0 Å². The molecule has 0 spiro atoms. The third-order valence-electron chi connectivity index (χ3n) is 5.19. The van der Waals surface area contributed by atoms with Crippen LogP contribution in [0.15, 0.2) is 22.8 Å². The topological polar surface area (TPSA) is 76.0 Å². The van der Waals surface area contributed by atoms with Crippen molar-refractivity contribution in [1.82, 2.24) is 20.2 Å². The molecule has 2 aromatic rings. The number of aromatic nitrogens is 2. The van der Waals surface area contributed by atoms with Gasteiger partial charge in [0.15, 0.2) is 0 Å². The minimum Gasteiger partial charge on any atom is -0.352 e. The van der Waals surface area contributed by atoms with Crippen molar-refractivity contribution in [3.05, 3.63) is 38.8 Å². The van der Waals surface area contributed by atoms with E-state index < -0.39 is 0 Å². The number of carbonyl (C=O) groups is 1. The molecular formula is C19H24N4O2S. The van der Waals surface area contributed by atoms with Crippen LogP contribution in [-0.2, 0) is 24.2 Å². The van der Waals surface area contributed by atoms with Crippen LogP contribution in [0.1, 0.15) is 36.1 Å². The Morgan fingerprint density at radius 2 is 2.19 bits per heavy atom. The number of hydrogen-bond acceptors (Lipinski definition) is 5. The second kappa shape index (κ2) is 7.72.